The third kappa shape index (κ3) is 2.98. The predicted octanol–water partition coefficient (Wildman–Crippen LogP) is 4.91. The monoisotopic (exact) mass is 377 g/mol. The van der Waals surface area contributed by atoms with Gasteiger partial charge in [0.1, 0.15) is 15.5 Å². The fraction of sp³-hybridized carbons (Fsp3) is 0.143. The number of nitrogens with one attached hydrogen (secondary N) is 1. The SMILES string of the molecule is COc1ccc2cc3c(N)c(C(=O)Nc4c(C)cccc4C)sc3nc2c1. The van der Waals surface area contributed by atoms with E-state index >= 15 is 0 Å². The number of ether oxygens (including phenoxy) is 1. The van der Waals surface area contributed by atoms with E-state index in [-0.39, 0.29) is 5.91 Å². The van der Waals surface area contributed by atoms with Crippen molar-refractivity contribution in [2.45, 2.75) is 13.8 Å². The second-order valence-electron chi connectivity index (χ2n) is 6.47. The van der Waals surface area contributed by atoms with Gasteiger partial charge < -0.3 is 15.8 Å². The van der Waals surface area contributed by atoms with Crippen LogP contribution in [0.5, 0.6) is 5.75 Å². The lowest BCUT2D eigenvalue weighted by Gasteiger charge is -2.10. The lowest BCUT2D eigenvalue weighted by molar-refractivity contribution is 0.103. The van der Waals surface area contributed by atoms with Gasteiger partial charge in [-0.25, -0.2) is 4.98 Å². The van der Waals surface area contributed by atoms with Crippen molar-refractivity contribution in [1.82, 2.24) is 4.98 Å². The van der Waals surface area contributed by atoms with Crippen molar-refractivity contribution in [3.05, 3.63) is 58.5 Å². The fourth-order valence-electron chi connectivity index (χ4n) is 3.15. The summed E-state index contributed by atoms with van der Waals surface area (Å²) in [6.07, 6.45) is 0. The number of nitrogens with zero attached hydrogens (tertiary/aromatic N) is 1. The zero-order chi connectivity index (χ0) is 19.1. The molecule has 27 heavy (non-hydrogen) atoms. The number of benzene rings is 2. The Morgan fingerprint density at radius 3 is 2.59 bits per heavy atom. The molecule has 0 aliphatic rings. The number of pyridine rings is 1. The van der Waals surface area contributed by atoms with Crippen molar-refractivity contribution in [2.75, 3.05) is 18.2 Å². The van der Waals surface area contributed by atoms with Crippen LogP contribution < -0.4 is 15.8 Å². The van der Waals surface area contributed by atoms with Crippen LogP contribution in [0.15, 0.2) is 42.5 Å². The van der Waals surface area contributed by atoms with E-state index in [4.69, 9.17) is 10.5 Å². The molecule has 0 fully saturated rings. The smallest absolute Gasteiger partial charge is 0.267 e. The Hall–Kier alpha value is -3.12. The van der Waals surface area contributed by atoms with Gasteiger partial charge in [-0.1, -0.05) is 18.2 Å². The number of anilines is 2. The van der Waals surface area contributed by atoms with Crippen LogP contribution in [0.2, 0.25) is 0 Å². The number of carbonyl (C=O) groups excluding carboxylic acids is 1. The largest absolute Gasteiger partial charge is 0.497 e. The molecule has 0 aliphatic carbocycles. The summed E-state index contributed by atoms with van der Waals surface area (Å²) in [5.41, 5.74) is 10.4. The number of nitrogen functional groups attached to an aromatic ring is 1. The van der Waals surface area contributed by atoms with Gasteiger partial charge in [-0.15, -0.1) is 11.3 Å². The molecule has 0 saturated carbocycles. The Kier molecular flexibility index (Phi) is 4.20. The van der Waals surface area contributed by atoms with Gasteiger partial charge >= 0.3 is 0 Å². The first-order chi connectivity index (χ1) is 13.0. The normalized spacial score (nSPS) is 11.1. The van der Waals surface area contributed by atoms with Gasteiger partial charge in [0.15, 0.2) is 0 Å². The van der Waals surface area contributed by atoms with Gasteiger partial charge in [-0.3, -0.25) is 4.79 Å². The molecule has 0 bridgehead atoms. The van der Waals surface area contributed by atoms with Crippen LogP contribution >= 0.6 is 11.3 Å². The van der Waals surface area contributed by atoms with E-state index in [0.29, 0.717) is 10.6 Å². The van der Waals surface area contributed by atoms with E-state index in [2.05, 4.69) is 10.3 Å². The molecule has 2 aromatic carbocycles. The van der Waals surface area contributed by atoms with Gasteiger partial charge in [-0.05, 0) is 43.2 Å². The Morgan fingerprint density at radius 2 is 1.89 bits per heavy atom. The second kappa shape index (κ2) is 6.55. The fourth-order valence-corrected chi connectivity index (χ4v) is 4.13. The molecule has 0 saturated heterocycles. The van der Waals surface area contributed by atoms with E-state index in [1.54, 1.807) is 7.11 Å². The molecule has 0 unspecified atom stereocenters. The molecule has 6 heteroatoms. The Balaban J connectivity index is 1.78. The topological polar surface area (TPSA) is 77.2 Å². The van der Waals surface area contributed by atoms with E-state index in [1.807, 2.05) is 56.3 Å². The lowest BCUT2D eigenvalue weighted by atomic mass is 10.1. The maximum atomic E-state index is 12.9. The molecule has 2 aromatic heterocycles. The van der Waals surface area contributed by atoms with Gasteiger partial charge in [0.2, 0.25) is 0 Å². The van der Waals surface area contributed by atoms with Gasteiger partial charge in [0.25, 0.3) is 5.91 Å². The maximum Gasteiger partial charge on any atom is 0.267 e. The summed E-state index contributed by atoms with van der Waals surface area (Å²) >= 11 is 1.30. The van der Waals surface area contributed by atoms with Gasteiger partial charge in [-0.2, -0.15) is 0 Å². The number of fused-ring (bicyclic) bond motifs is 2. The minimum atomic E-state index is -0.213. The number of thiophene rings is 1. The molecule has 4 rings (SSSR count). The quantitative estimate of drug-likeness (QED) is 0.532. The highest BCUT2D eigenvalue weighted by atomic mass is 32.1. The maximum absolute atomic E-state index is 12.9. The van der Waals surface area contributed by atoms with Crippen LogP contribution in [0.1, 0.15) is 20.8 Å². The minimum absolute atomic E-state index is 0.213. The molecule has 3 N–H and O–H groups in total. The molecule has 0 atom stereocenters. The number of aryl methyl sites for hydroxylation is 2. The minimum Gasteiger partial charge on any atom is -0.497 e. The molecule has 2 heterocycles. The summed E-state index contributed by atoms with van der Waals surface area (Å²) < 4.78 is 5.26. The van der Waals surface area contributed by atoms with Gasteiger partial charge in [0, 0.05) is 22.5 Å². The molecular formula is C21H19N3O2S. The number of hydrogen-bond donors (Lipinski definition) is 2. The van der Waals surface area contributed by atoms with Crippen LogP contribution in [0.4, 0.5) is 11.4 Å². The number of carbonyl (C=O) groups is 1. The average Bonchev–Trinajstić information content (AvgIpc) is 2.98. The second-order valence-corrected chi connectivity index (χ2v) is 7.46. The van der Waals surface area contributed by atoms with E-state index < -0.39 is 0 Å². The first kappa shape index (κ1) is 17.3. The van der Waals surface area contributed by atoms with Crippen LogP contribution in [-0.2, 0) is 0 Å². The van der Waals surface area contributed by atoms with Crippen molar-refractivity contribution < 1.29 is 9.53 Å². The number of rotatable bonds is 3. The average molecular weight is 377 g/mol. The summed E-state index contributed by atoms with van der Waals surface area (Å²) in [4.78, 5) is 18.8. The number of hydrogen-bond acceptors (Lipinski definition) is 5. The van der Waals surface area contributed by atoms with E-state index in [1.165, 1.54) is 11.3 Å². The van der Waals surface area contributed by atoms with Crippen molar-refractivity contribution >= 4 is 49.7 Å². The molecule has 0 aliphatic heterocycles. The molecule has 136 valence electrons. The van der Waals surface area contributed by atoms with Crippen molar-refractivity contribution in [2.24, 2.45) is 0 Å². The Labute approximate surface area is 160 Å². The van der Waals surface area contributed by atoms with Crippen LogP contribution in [0, 0.1) is 13.8 Å². The lowest BCUT2D eigenvalue weighted by Crippen LogP contribution is -2.13. The number of aromatic nitrogens is 1. The number of methoxy groups -OCH3 is 1. The summed E-state index contributed by atoms with van der Waals surface area (Å²) in [5, 5.41) is 4.75. The molecule has 0 radical (unpaired) electrons. The molecule has 0 spiro atoms. The first-order valence-electron chi connectivity index (χ1n) is 8.52. The van der Waals surface area contributed by atoms with Crippen molar-refractivity contribution in [1.29, 1.82) is 0 Å². The van der Waals surface area contributed by atoms with E-state index in [9.17, 15) is 4.79 Å². The number of nitrogens with two attached hydrogens (primary N) is 1. The molecule has 4 aromatic rings. The van der Waals surface area contributed by atoms with Crippen LogP contribution in [0.25, 0.3) is 21.1 Å². The van der Waals surface area contributed by atoms with E-state index in [0.717, 1.165) is 43.7 Å². The summed E-state index contributed by atoms with van der Waals surface area (Å²) in [6.45, 7) is 3.94. The standard InChI is InChI=1S/C21H19N3O2S/c1-11-5-4-6-12(2)18(11)24-20(25)19-17(22)15-9-13-7-8-14(26-3)10-16(13)23-21(15)27-19/h4-10H,22H2,1-3H3,(H,24,25). The molecular weight excluding hydrogens is 358 g/mol. The van der Waals surface area contributed by atoms with Crippen molar-refractivity contribution in [3.63, 3.8) is 0 Å². The summed E-state index contributed by atoms with van der Waals surface area (Å²) in [5.74, 6) is 0.529. The highest BCUT2D eigenvalue weighted by Crippen LogP contribution is 2.36. The zero-order valence-corrected chi connectivity index (χ0v) is 16.1. The Bertz CT molecular complexity index is 1180. The molecule has 1 amide bonds. The third-order valence-corrected chi connectivity index (χ3v) is 5.76. The zero-order valence-electron chi connectivity index (χ0n) is 15.3. The van der Waals surface area contributed by atoms with Crippen molar-refractivity contribution in [3.8, 4) is 5.75 Å². The van der Waals surface area contributed by atoms with Crippen LogP contribution in [-0.4, -0.2) is 18.0 Å². The molecule has 5 nitrogen and oxygen atoms in total. The Morgan fingerprint density at radius 1 is 1.15 bits per heavy atom. The summed E-state index contributed by atoms with van der Waals surface area (Å²) in [6, 6.07) is 13.6. The first-order valence-corrected chi connectivity index (χ1v) is 9.34. The third-order valence-electron chi connectivity index (χ3n) is 4.65. The van der Waals surface area contributed by atoms with Gasteiger partial charge in [0.05, 0.1) is 18.3 Å². The number of amides is 1. The van der Waals surface area contributed by atoms with Crippen LogP contribution in [0.3, 0.4) is 0 Å². The highest BCUT2D eigenvalue weighted by Gasteiger charge is 2.19. The number of para-hydroxylation sites is 1. The summed E-state index contributed by atoms with van der Waals surface area (Å²) in [7, 11) is 1.62. The highest BCUT2D eigenvalue weighted by molar-refractivity contribution is 7.21. The predicted molar refractivity (Wildman–Crippen MR) is 112 cm³/mol.